The fourth-order valence-corrected chi connectivity index (χ4v) is 1.37. The summed E-state index contributed by atoms with van der Waals surface area (Å²) in [4.78, 5) is 11.4. The van der Waals surface area contributed by atoms with Crippen molar-refractivity contribution in [3.8, 4) is 0 Å². The predicted molar refractivity (Wildman–Crippen MR) is 65.6 cm³/mol. The first-order valence-electron chi connectivity index (χ1n) is 5.51. The Morgan fingerprint density at radius 3 is 2.44 bits per heavy atom. The highest BCUT2D eigenvalue weighted by molar-refractivity contribution is 5.94. The van der Waals surface area contributed by atoms with Crippen LogP contribution in [0.1, 0.15) is 37.8 Å². The monoisotopic (exact) mass is 221 g/mol. The molecule has 88 valence electrons. The van der Waals surface area contributed by atoms with E-state index in [4.69, 9.17) is 5.11 Å². The molecule has 0 aliphatic heterocycles. The van der Waals surface area contributed by atoms with Crippen molar-refractivity contribution < 1.29 is 9.90 Å². The Bertz CT molecular complexity index is 384. The summed E-state index contributed by atoms with van der Waals surface area (Å²) in [6, 6.07) is 5.99. The van der Waals surface area contributed by atoms with Gasteiger partial charge in [-0.2, -0.15) is 0 Å². The van der Waals surface area contributed by atoms with E-state index >= 15 is 0 Å². The van der Waals surface area contributed by atoms with E-state index in [0.29, 0.717) is 5.92 Å². The topological polar surface area (TPSA) is 49.3 Å². The van der Waals surface area contributed by atoms with E-state index in [1.165, 1.54) is 12.5 Å². The lowest BCUT2D eigenvalue weighted by Gasteiger charge is -2.13. The first-order valence-corrected chi connectivity index (χ1v) is 5.51. The molecule has 0 aromatic heterocycles. The number of rotatable bonds is 3. The average molecular weight is 221 g/mol. The Hall–Kier alpha value is -1.35. The molecule has 0 fully saturated rings. The van der Waals surface area contributed by atoms with Crippen molar-refractivity contribution in [1.82, 2.24) is 0 Å². The SMILES string of the molecule is Cc1ccc(C(C)C)cc1NC(=O)C(C)O. The standard InChI is InChI=1S/C13H19NO2/c1-8(2)11-6-5-9(3)12(7-11)14-13(16)10(4)15/h5-8,10,15H,1-4H3,(H,14,16). The molecule has 1 rings (SSSR count). The Kier molecular flexibility index (Phi) is 4.07. The van der Waals surface area contributed by atoms with Crippen LogP contribution in [0.15, 0.2) is 18.2 Å². The van der Waals surface area contributed by atoms with E-state index in [9.17, 15) is 4.79 Å². The van der Waals surface area contributed by atoms with E-state index in [2.05, 4.69) is 25.2 Å². The molecule has 0 radical (unpaired) electrons. The fraction of sp³-hybridized carbons (Fsp3) is 0.462. The van der Waals surface area contributed by atoms with Crippen molar-refractivity contribution in [2.45, 2.75) is 39.7 Å². The highest BCUT2D eigenvalue weighted by atomic mass is 16.3. The molecule has 2 N–H and O–H groups in total. The van der Waals surface area contributed by atoms with E-state index in [-0.39, 0.29) is 5.91 Å². The summed E-state index contributed by atoms with van der Waals surface area (Å²) in [6.07, 6.45) is -0.984. The summed E-state index contributed by atoms with van der Waals surface area (Å²) in [5.41, 5.74) is 2.95. The van der Waals surface area contributed by atoms with Gasteiger partial charge in [0.25, 0.3) is 5.91 Å². The number of hydrogen-bond donors (Lipinski definition) is 2. The van der Waals surface area contributed by atoms with Crippen LogP contribution in [0, 0.1) is 6.92 Å². The van der Waals surface area contributed by atoms with Gasteiger partial charge in [-0.05, 0) is 37.0 Å². The van der Waals surface area contributed by atoms with E-state index in [1.54, 1.807) is 0 Å². The Balaban J connectivity index is 2.94. The van der Waals surface area contributed by atoms with Crippen molar-refractivity contribution >= 4 is 11.6 Å². The molecule has 0 aliphatic rings. The Morgan fingerprint density at radius 2 is 1.94 bits per heavy atom. The quantitative estimate of drug-likeness (QED) is 0.823. The molecule has 1 amide bonds. The maximum absolute atomic E-state index is 11.4. The van der Waals surface area contributed by atoms with Crippen LogP contribution in [-0.2, 0) is 4.79 Å². The minimum Gasteiger partial charge on any atom is -0.384 e. The van der Waals surface area contributed by atoms with Gasteiger partial charge in [0.1, 0.15) is 6.10 Å². The molecule has 3 nitrogen and oxygen atoms in total. The van der Waals surface area contributed by atoms with Gasteiger partial charge in [0.2, 0.25) is 0 Å². The van der Waals surface area contributed by atoms with Crippen LogP contribution in [-0.4, -0.2) is 17.1 Å². The second-order valence-electron chi connectivity index (χ2n) is 4.39. The summed E-state index contributed by atoms with van der Waals surface area (Å²) in [5, 5.41) is 11.9. The number of carbonyl (C=O) groups excluding carboxylic acids is 1. The fourth-order valence-electron chi connectivity index (χ4n) is 1.37. The van der Waals surface area contributed by atoms with Crippen LogP contribution in [0.5, 0.6) is 0 Å². The molecular weight excluding hydrogens is 202 g/mol. The minimum absolute atomic E-state index is 0.371. The van der Waals surface area contributed by atoms with E-state index in [1.807, 2.05) is 19.1 Å². The number of benzene rings is 1. The van der Waals surface area contributed by atoms with Crippen molar-refractivity contribution in [3.63, 3.8) is 0 Å². The van der Waals surface area contributed by atoms with Gasteiger partial charge >= 0.3 is 0 Å². The lowest BCUT2D eigenvalue weighted by molar-refractivity contribution is -0.123. The summed E-state index contributed by atoms with van der Waals surface area (Å²) in [5.74, 6) is 0.0480. The van der Waals surface area contributed by atoms with Crippen LogP contribution in [0.3, 0.4) is 0 Å². The second kappa shape index (κ2) is 5.12. The molecule has 1 aromatic rings. The molecule has 16 heavy (non-hydrogen) atoms. The molecule has 0 saturated heterocycles. The molecule has 0 spiro atoms. The highest BCUT2D eigenvalue weighted by Gasteiger charge is 2.11. The first-order chi connectivity index (χ1) is 7.41. The maximum atomic E-state index is 11.4. The summed E-state index contributed by atoms with van der Waals surface area (Å²) in [7, 11) is 0. The maximum Gasteiger partial charge on any atom is 0.252 e. The third-order valence-corrected chi connectivity index (χ3v) is 2.57. The van der Waals surface area contributed by atoms with E-state index in [0.717, 1.165) is 11.3 Å². The van der Waals surface area contributed by atoms with Crippen LogP contribution >= 0.6 is 0 Å². The van der Waals surface area contributed by atoms with Gasteiger partial charge in [-0.1, -0.05) is 26.0 Å². The summed E-state index contributed by atoms with van der Waals surface area (Å²) in [6.45, 7) is 7.59. The number of anilines is 1. The van der Waals surface area contributed by atoms with Gasteiger partial charge < -0.3 is 10.4 Å². The molecule has 0 heterocycles. The first kappa shape index (κ1) is 12.7. The van der Waals surface area contributed by atoms with Crippen LogP contribution in [0.4, 0.5) is 5.69 Å². The Labute approximate surface area is 96.5 Å². The lowest BCUT2D eigenvalue weighted by Crippen LogP contribution is -2.24. The van der Waals surface area contributed by atoms with Gasteiger partial charge in [-0.3, -0.25) is 4.79 Å². The van der Waals surface area contributed by atoms with Crippen LogP contribution in [0.25, 0.3) is 0 Å². The van der Waals surface area contributed by atoms with Crippen molar-refractivity contribution in [2.75, 3.05) is 5.32 Å². The van der Waals surface area contributed by atoms with Gasteiger partial charge in [0.15, 0.2) is 0 Å². The van der Waals surface area contributed by atoms with Crippen LogP contribution < -0.4 is 5.32 Å². The van der Waals surface area contributed by atoms with Crippen molar-refractivity contribution in [2.24, 2.45) is 0 Å². The third-order valence-electron chi connectivity index (χ3n) is 2.57. The number of carbonyl (C=O) groups is 1. The Morgan fingerprint density at radius 1 is 1.31 bits per heavy atom. The third kappa shape index (κ3) is 3.07. The zero-order valence-corrected chi connectivity index (χ0v) is 10.2. The number of nitrogens with one attached hydrogen (secondary N) is 1. The smallest absolute Gasteiger partial charge is 0.252 e. The molecule has 1 aromatic carbocycles. The van der Waals surface area contributed by atoms with Gasteiger partial charge in [-0.25, -0.2) is 0 Å². The van der Waals surface area contributed by atoms with Crippen molar-refractivity contribution in [3.05, 3.63) is 29.3 Å². The van der Waals surface area contributed by atoms with Crippen molar-refractivity contribution in [1.29, 1.82) is 0 Å². The number of aliphatic hydroxyl groups excluding tert-OH is 1. The molecule has 3 heteroatoms. The second-order valence-corrected chi connectivity index (χ2v) is 4.39. The normalized spacial score (nSPS) is 12.6. The molecule has 1 unspecified atom stereocenters. The highest BCUT2D eigenvalue weighted by Crippen LogP contribution is 2.22. The molecule has 0 bridgehead atoms. The minimum atomic E-state index is -0.984. The lowest BCUT2D eigenvalue weighted by atomic mass is 10.0. The number of aryl methyl sites for hydroxylation is 1. The molecule has 0 saturated carbocycles. The largest absolute Gasteiger partial charge is 0.384 e. The number of amides is 1. The number of aliphatic hydroxyl groups is 1. The zero-order chi connectivity index (χ0) is 12.3. The molecular formula is C13H19NO2. The van der Waals surface area contributed by atoms with E-state index < -0.39 is 6.10 Å². The number of hydrogen-bond acceptors (Lipinski definition) is 2. The average Bonchev–Trinajstić information content (AvgIpc) is 2.20. The predicted octanol–water partition coefficient (Wildman–Crippen LogP) is 2.44. The van der Waals surface area contributed by atoms with Gasteiger partial charge in [-0.15, -0.1) is 0 Å². The van der Waals surface area contributed by atoms with Crippen LogP contribution in [0.2, 0.25) is 0 Å². The molecule has 1 atom stereocenters. The van der Waals surface area contributed by atoms with Gasteiger partial charge in [0, 0.05) is 5.69 Å². The molecule has 0 aliphatic carbocycles. The summed E-state index contributed by atoms with van der Waals surface area (Å²) < 4.78 is 0. The zero-order valence-electron chi connectivity index (χ0n) is 10.2. The summed E-state index contributed by atoms with van der Waals surface area (Å²) >= 11 is 0. The van der Waals surface area contributed by atoms with Gasteiger partial charge in [0.05, 0.1) is 0 Å².